The molecule has 0 unspecified atom stereocenters. The molecule has 3 fully saturated rings. The van der Waals surface area contributed by atoms with Gasteiger partial charge in [-0.2, -0.15) is 0 Å². The number of hydrogen-bond acceptors (Lipinski definition) is 7. The van der Waals surface area contributed by atoms with Gasteiger partial charge in [0.05, 0.1) is 23.8 Å². The van der Waals surface area contributed by atoms with Crippen molar-refractivity contribution in [2.75, 3.05) is 37.7 Å². The third-order valence-corrected chi connectivity index (χ3v) is 8.24. The lowest BCUT2D eigenvalue weighted by molar-refractivity contribution is -0.128. The molecule has 3 atom stereocenters. The molecule has 39 heavy (non-hydrogen) atoms. The number of nitrogens with zero attached hydrogens (tertiary/aromatic N) is 4. The number of fused-ring (bicyclic) bond motifs is 2. The minimum Gasteiger partial charge on any atom is -0.507 e. The Bertz CT molecular complexity index is 1330. The van der Waals surface area contributed by atoms with Gasteiger partial charge in [-0.25, -0.2) is 9.37 Å². The molecule has 1 N–H and O–H groups in total. The van der Waals surface area contributed by atoms with Gasteiger partial charge in [0.2, 0.25) is 5.91 Å². The molecule has 11 heteroatoms. The van der Waals surface area contributed by atoms with E-state index in [-0.39, 0.29) is 76.6 Å². The maximum atomic E-state index is 15.0. The number of rotatable bonds is 5. The normalized spacial score (nSPS) is 24.6. The van der Waals surface area contributed by atoms with Crippen LogP contribution in [-0.2, 0) is 9.53 Å². The molecule has 2 saturated heterocycles. The lowest BCUT2D eigenvalue weighted by Gasteiger charge is -2.39. The minimum absolute atomic E-state index is 0.00379. The van der Waals surface area contributed by atoms with Crippen molar-refractivity contribution in [1.82, 2.24) is 14.8 Å². The molecular formula is C28H30ClFN4O5. The number of amides is 2. The summed E-state index contributed by atoms with van der Waals surface area (Å²) in [5.74, 6) is -1.14. The number of ether oxygens (including phenoxy) is 2. The van der Waals surface area contributed by atoms with Crippen LogP contribution >= 0.6 is 11.6 Å². The van der Waals surface area contributed by atoms with Gasteiger partial charge in [-0.1, -0.05) is 24.2 Å². The van der Waals surface area contributed by atoms with Crippen LogP contribution in [0.15, 0.2) is 30.9 Å². The molecule has 1 saturated carbocycles. The molecule has 3 aliphatic heterocycles. The topological polar surface area (TPSA) is 95.4 Å². The Labute approximate surface area is 230 Å². The first-order valence-corrected chi connectivity index (χ1v) is 13.6. The van der Waals surface area contributed by atoms with Gasteiger partial charge < -0.3 is 29.3 Å². The molecule has 1 aromatic carbocycles. The fourth-order valence-electron chi connectivity index (χ4n) is 5.75. The van der Waals surface area contributed by atoms with E-state index in [1.165, 1.54) is 24.3 Å². The maximum absolute atomic E-state index is 15.0. The SMILES string of the molecule is C=CC(=O)N1CCN2C(=O)c3c(N4C[C@@H](OC5CC5)C[C@@H]4C)nc(-c4c(O)cccc4F)c(Cl)c3OC[C@H]2C1. The molecule has 2 amide bonds. The average Bonchev–Trinajstić information content (AvgIpc) is 3.68. The van der Waals surface area contributed by atoms with Gasteiger partial charge in [0.15, 0.2) is 5.75 Å². The molecule has 4 heterocycles. The molecular weight excluding hydrogens is 527 g/mol. The second-order valence-corrected chi connectivity index (χ2v) is 11.0. The molecule has 1 aliphatic carbocycles. The number of pyridine rings is 1. The smallest absolute Gasteiger partial charge is 0.261 e. The highest BCUT2D eigenvalue weighted by Gasteiger charge is 2.43. The lowest BCUT2D eigenvalue weighted by atomic mass is 10.0. The number of benzene rings is 1. The summed E-state index contributed by atoms with van der Waals surface area (Å²) >= 11 is 6.81. The fourth-order valence-corrected chi connectivity index (χ4v) is 6.03. The van der Waals surface area contributed by atoms with Crippen molar-refractivity contribution in [2.45, 2.75) is 50.5 Å². The lowest BCUT2D eigenvalue weighted by Crippen LogP contribution is -2.57. The number of piperazine rings is 1. The van der Waals surface area contributed by atoms with Crippen LogP contribution in [0.25, 0.3) is 11.3 Å². The van der Waals surface area contributed by atoms with Gasteiger partial charge >= 0.3 is 0 Å². The van der Waals surface area contributed by atoms with Gasteiger partial charge in [0.25, 0.3) is 5.91 Å². The first-order valence-electron chi connectivity index (χ1n) is 13.2. The van der Waals surface area contributed by atoms with E-state index in [1.807, 2.05) is 11.8 Å². The van der Waals surface area contributed by atoms with E-state index in [9.17, 15) is 14.7 Å². The number of aromatic nitrogens is 1. The predicted octanol–water partition coefficient (Wildman–Crippen LogP) is 3.62. The summed E-state index contributed by atoms with van der Waals surface area (Å²) < 4.78 is 27.4. The summed E-state index contributed by atoms with van der Waals surface area (Å²) in [4.78, 5) is 36.5. The van der Waals surface area contributed by atoms with Gasteiger partial charge in [-0.05, 0) is 44.4 Å². The third-order valence-electron chi connectivity index (χ3n) is 7.89. The molecule has 206 valence electrons. The van der Waals surface area contributed by atoms with Gasteiger partial charge in [0, 0.05) is 32.2 Å². The van der Waals surface area contributed by atoms with Crippen LogP contribution in [-0.4, -0.2) is 88.8 Å². The zero-order valence-corrected chi connectivity index (χ0v) is 22.4. The Morgan fingerprint density at radius 3 is 2.74 bits per heavy atom. The van der Waals surface area contributed by atoms with Crippen molar-refractivity contribution in [1.29, 1.82) is 0 Å². The zero-order valence-electron chi connectivity index (χ0n) is 21.6. The van der Waals surface area contributed by atoms with E-state index in [4.69, 9.17) is 26.1 Å². The van der Waals surface area contributed by atoms with Crippen LogP contribution in [0.4, 0.5) is 10.2 Å². The van der Waals surface area contributed by atoms with Crippen molar-refractivity contribution < 1.29 is 28.6 Å². The number of anilines is 1. The Morgan fingerprint density at radius 2 is 2.03 bits per heavy atom. The average molecular weight is 557 g/mol. The monoisotopic (exact) mass is 556 g/mol. The van der Waals surface area contributed by atoms with Crippen LogP contribution in [0, 0.1) is 5.82 Å². The van der Waals surface area contributed by atoms with E-state index < -0.39 is 11.9 Å². The first kappa shape index (κ1) is 25.9. The molecule has 4 aliphatic rings. The summed E-state index contributed by atoms with van der Waals surface area (Å²) in [6.07, 6.45) is 4.33. The van der Waals surface area contributed by atoms with Crippen molar-refractivity contribution in [3.8, 4) is 22.8 Å². The third kappa shape index (κ3) is 4.59. The molecule has 6 rings (SSSR count). The van der Waals surface area contributed by atoms with Gasteiger partial charge in [-0.15, -0.1) is 0 Å². The van der Waals surface area contributed by atoms with E-state index >= 15 is 4.39 Å². The van der Waals surface area contributed by atoms with E-state index in [1.54, 1.807) is 9.80 Å². The number of halogens is 2. The molecule has 2 aromatic rings. The fraction of sp³-hybridized carbons (Fsp3) is 0.464. The second-order valence-electron chi connectivity index (χ2n) is 10.6. The summed E-state index contributed by atoms with van der Waals surface area (Å²) in [5.41, 5.74) is 0.0327. The zero-order chi connectivity index (χ0) is 27.4. The molecule has 9 nitrogen and oxygen atoms in total. The number of hydrogen-bond donors (Lipinski definition) is 1. The van der Waals surface area contributed by atoms with E-state index in [2.05, 4.69) is 6.58 Å². The maximum Gasteiger partial charge on any atom is 0.261 e. The van der Waals surface area contributed by atoms with Crippen molar-refractivity contribution >= 4 is 29.2 Å². The largest absolute Gasteiger partial charge is 0.507 e. The summed E-state index contributed by atoms with van der Waals surface area (Å²) in [5, 5.41) is 10.5. The van der Waals surface area contributed by atoms with Gasteiger partial charge in [-0.3, -0.25) is 9.59 Å². The highest BCUT2D eigenvalue weighted by molar-refractivity contribution is 6.35. The summed E-state index contributed by atoms with van der Waals surface area (Å²) in [6.45, 7) is 7.12. The van der Waals surface area contributed by atoms with E-state index in [0.29, 0.717) is 25.5 Å². The predicted molar refractivity (Wildman–Crippen MR) is 143 cm³/mol. The first-order chi connectivity index (χ1) is 18.8. The van der Waals surface area contributed by atoms with Gasteiger partial charge in [0.1, 0.15) is 40.3 Å². The summed E-state index contributed by atoms with van der Waals surface area (Å²) in [6, 6.07) is 3.52. The molecule has 0 bridgehead atoms. The molecule has 0 radical (unpaired) electrons. The van der Waals surface area contributed by atoms with Crippen LogP contribution < -0.4 is 9.64 Å². The quantitative estimate of drug-likeness (QED) is 0.562. The second kappa shape index (κ2) is 9.98. The Hall–Kier alpha value is -3.37. The number of aromatic hydroxyl groups is 1. The Morgan fingerprint density at radius 1 is 1.23 bits per heavy atom. The number of phenolic OH excluding ortho intramolecular Hbond substituents is 1. The highest BCUT2D eigenvalue weighted by Crippen LogP contribution is 2.47. The molecule has 1 aromatic heterocycles. The Balaban J connectivity index is 1.47. The van der Waals surface area contributed by atoms with Crippen LogP contribution in [0.3, 0.4) is 0 Å². The van der Waals surface area contributed by atoms with Crippen molar-refractivity contribution in [2.24, 2.45) is 0 Å². The summed E-state index contributed by atoms with van der Waals surface area (Å²) in [7, 11) is 0. The van der Waals surface area contributed by atoms with Crippen LogP contribution in [0.5, 0.6) is 11.5 Å². The number of phenols is 1. The van der Waals surface area contributed by atoms with E-state index in [0.717, 1.165) is 19.3 Å². The van der Waals surface area contributed by atoms with Crippen LogP contribution in [0.2, 0.25) is 5.02 Å². The number of carbonyl (C=O) groups excluding carboxylic acids is 2. The highest BCUT2D eigenvalue weighted by atomic mass is 35.5. The molecule has 0 spiro atoms. The van der Waals surface area contributed by atoms with Crippen molar-refractivity contribution in [3.05, 3.63) is 47.3 Å². The number of carbonyl (C=O) groups is 2. The standard InChI is InChI=1S/C28H30ClFN4O5/c1-3-21(36)32-9-10-33-16(12-32)14-38-26-23(28(33)37)27(34-13-18(11-15(34)2)39-17-7-8-17)31-25(24(26)29)22-19(30)5-4-6-20(22)35/h3-6,15-18,35H,1,7-14H2,2H3/t15-,16+,18-/m0/s1. The van der Waals surface area contributed by atoms with Crippen LogP contribution in [0.1, 0.15) is 36.5 Å². The Kier molecular flexibility index (Phi) is 6.63. The minimum atomic E-state index is -0.698. The van der Waals surface area contributed by atoms with Crippen molar-refractivity contribution in [3.63, 3.8) is 0 Å².